The first-order valence-corrected chi connectivity index (χ1v) is 9.29. The van der Waals surface area contributed by atoms with E-state index in [2.05, 4.69) is 0 Å². The van der Waals surface area contributed by atoms with Crippen LogP contribution in [0.25, 0.3) is 0 Å². The number of hydroxylamine groups is 2. The summed E-state index contributed by atoms with van der Waals surface area (Å²) in [5.74, 6) is -1.04. The van der Waals surface area contributed by atoms with E-state index in [4.69, 9.17) is 9.57 Å². The van der Waals surface area contributed by atoms with Gasteiger partial charge in [-0.05, 0) is 50.0 Å². The number of carboxylic acid groups (broad SMARTS) is 1. The number of carboxylic acids is 1. The van der Waals surface area contributed by atoms with Gasteiger partial charge in [0.15, 0.2) is 11.8 Å². The second-order valence-electron chi connectivity index (χ2n) is 5.96. The number of hydrogen-bond acceptors (Lipinski definition) is 5. The Bertz CT molecular complexity index is 515. The quantitative estimate of drug-likeness (QED) is 0.515. The van der Waals surface area contributed by atoms with Gasteiger partial charge in [0.05, 0.1) is 0 Å². The first-order valence-electron chi connectivity index (χ1n) is 8.41. The normalized spacial score (nSPS) is 20.3. The molecule has 2 unspecified atom stereocenters. The van der Waals surface area contributed by atoms with E-state index in [0.717, 1.165) is 24.3 Å². The second kappa shape index (κ2) is 9.15. The molecule has 1 aromatic heterocycles. The fraction of sp³-hybridized carbons (Fsp3) is 0.647. The molecule has 7 heteroatoms. The largest absolute Gasteiger partial charge is 0.479 e. The van der Waals surface area contributed by atoms with Gasteiger partial charge in [-0.25, -0.2) is 14.7 Å². The van der Waals surface area contributed by atoms with Crippen molar-refractivity contribution in [1.29, 1.82) is 0 Å². The lowest BCUT2D eigenvalue weighted by Crippen LogP contribution is -2.55. The first-order chi connectivity index (χ1) is 11.6. The van der Waals surface area contributed by atoms with Gasteiger partial charge in [-0.1, -0.05) is 13.0 Å². The van der Waals surface area contributed by atoms with Crippen LogP contribution in [0.4, 0.5) is 0 Å². The van der Waals surface area contributed by atoms with Gasteiger partial charge in [0.2, 0.25) is 6.41 Å². The summed E-state index contributed by atoms with van der Waals surface area (Å²) in [6.07, 6.45) is 4.56. The molecule has 6 nitrogen and oxygen atoms in total. The van der Waals surface area contributed by atoms with Crippen LogP contribution in [-0.4, -0.2) is 41.0 Å². The fourth-order valence-electron chi connectivity index (χ4n) is 2.95. The van der Waals surface area contributed by atoms with Gasteiger partial charge in [0.1, 0.15) is 0 Å². The number of hydrogen-bond donors (Lipinski definition) is 1. The Hall–Kier alpha value is -1.44. The van der Waals surface area contributed by atoms with Crippen molar-refractivity contribution in [3.8, 4) is 0 Å². The third-order valence-electron chi connectivity index (χ3n) is 4.46. The van der Waals surface area contributed by atoms with Crippen LogP contribution in [0, 0.1) is 0 Å². The SMILES string of the molecule is CCC(CCCc1cccs1)(C(=O)O)N(C=O)OC1CCCCO1. The highest BCUT2D eigenvalue weighted by atomic mass is 32.1. The maximum absolute atomic E-state index is 12.0. The van der Waals surface area contributed by atoms with Gasteiger partial charge in [-0.2, -0.15) is 0 Å². The molecule has 0 spiro atoms. The van der Waals surface area contributed by atoms with Gasteiger partial charge in [-0.3, -0.25) is 4.79 Å². The zero-order valence-corrected chi connectivity index (χ0v) is 14.8. The summed E-state index contributed by atoms with van der Waals surface area (Å²) in [4.78, 5) is 30.4. The van der Waals surface area contributed by atoms with E-state index in [9.17, 15) is 14.7 Å². The maximum atomic E-state index is 12.0. The second-order valence-corrected chi connectivity index (χ2v) is 6.99. The summed E-state index contributed by atoms with van der Waals surface area (Å²) >= 11 is 1.65. The molecule has 0 radical (unpaired) electrons. The Balaban J connectivity index is 2.04. The molecule has 0 saturated carbocycles. The first kappa shape index (κ1) is 18.9. The van der Waals surface area contributed by atoms with E-state index in [-0.39, 0.29) is 6.42 Å². The summed E-state index contributed by atoms with van der Waals surface area (Å²) in [6, 6.07) is 4.01. The average Bonchev–Trinajstić information content (AvgIpc) is 3.11. The Morgan fingerprint density at radius 1 is 1.58 bits per heavy atom. The summed E-state index contributed by atoms with van der Waals surface area (Å²) in [5, 5.41) is 12.8. The molecular weight excluding hydrogens is 330 g/mol. The van der Waals surface area contributed by atoms with Crippen molar-refractivity contribution in [3.05, 3.63) is 22.4 Å². The lowest BCUT2D eigenvalue weighted by molar-refractivity contribution is -0.302. The van der Waals surface area contributed by atoms with Gasteiger partial charge >= 0.3 is 5.97 Å². The van der Waals surface area contributed by atoms with Crippen molar-refractivity contribution in [2.24, 2.45) is 0 Å². The standard InChI is InChI=1S/C17H25NO5S/c1-2-17(16(20)21,10-5-7-14-8-6-12-24-14)18(13-19)23-15-9-3-4-11-22-15/h6,8,12-13,15H,2-5,7,9-11H2,1H3,(H,20,21). The minimum absolute atomic E-state index is 0.276. The monoisotopic (exact) mass is 355 g/mol. The number of carbonyl (C=O) groups excluding carboxylic acids is 1. The summed E-state index contributed by atoms with van der Waals surface area (Å²) in [5.41, 5.74) is -1.36. The van der Waals surface area contributed by atoms with Crippen LogP contribution in [0.1, 0.15) is 50.3 Å². The van der Waals surface area contributed by atoms with Crippen LogP contribution < -0.4 is 0 Å². The van der Waals surface area contributed by atoms with Crippen LogP contribution in [0.5, 0.6) is 0 Å². The Morgan fingerprint density at radius 3 is 2.96 bits per heavy atom. The molecular formula is C17H25NO5S. The molecule has 2 heterocycles. The third-order valence-corrected chi connectivity index (χ3v) is 5.40. The lowest BCUT2D eigenvalue weighted by Gasteiger charge is -2.38. The molecule has 1 aromatic rings. The highest BCUT2D eigenvalue weighted by molar-refractivity contribution is 7.09. The van der Waals surface area contributed by atoms with Crippen LogP contribution in [0.15, 0.2) is 17.5 Å². The van der Waals surface area contributed by atoms with Gasteiger partial charge < -0.3 is 9.84 Å². The number of thiophene rings is 1. The van der Waals surface area contributed by atoms with Crippen molar-refractivity contribution in [2.75, 3.05) is 6.61 Å². The van der Waals surface area contributed by atoms with Gasteiger partial charge in [0, 0.05) is 17.9 Å². The Kier molecular flexibility index (Phi) is 7.20. The number of nitrogens with zero attached hydrogens (tertiary/aromatic N) is 1. The van der Waals surface area contributed by atoms with E-state index < -0.39 is 17.8 Å². The summed E-state index contributed by atoms with van der Waals surface area (Å²) < 4.78 is 5.48. The van der Waals surface area contributed by atoms with Gasteiger partial charge in [-0.15, -0.1) is 11.3 Å². The molecule has 0 bridgehead atoms. The lowest BCUT2D eigenvalue weighted by atomic mass is 9.89. The van der Waals surface area contributed by atoms with Crippen molar-refractivity contribution < 1.29 is 24.3 Å². The van der Waals surface area contributed by atoms with Crippen LogP contribution in [0.2, 0.25) is 0 Å². The molecule has 24 heavy (non-hydrogen) atoms. The van der Waals surface area contributed by atoms with E-state index in [1.165, 1.54) is 4.88 Å². The minimum Gasteiger partial charge on any atom is -0.479 e. The van der Waals surface area contributed by atoms with Crippen molar-refractivity contribution in [3.63, 3.8) is 0 Å². The minimum atomic E-state index is -1.36. The molecule has 0 aliphatic carbocycles. The number of aliphatic carboxylic acids is 1. The molecule has 1 saturated heterocycles. The Labute approximate surface area is 146 Å². The highest BCUT2D eigenvalue weighted by Gasteiger charge is 2.44. The predicted molar refractivity (Wildman–Crippen MR) is 90.5 cm³/mol. The summed E-state index contributed by atoms with van der Waals surface area (Å²) in [7, 11) is 0. The third kappa shape index (κ3) is 4.55. The fourth-order valence-corrected chi connectivity index (χ4v) is 3.70. The molecule has 1 fully saturated rings. The van der Waals surface area contributed by atoms with E-state index in [0.29, 0.717) is 32.3 Å². The highest BCUT2D eigenvalue weighted by Crippen LogP contribution is 2.29. The smallest absolute Gasteiger partial charge is 0.332 e. The molecule has 1 aliphatic heterocycles. The molecule has 1 aliphatic rings. The predicted octanol–water partition coefficient (Wildman–Crippen LogP) is 3.22. The average molecular weight is 355 g/mol. The molecule has 0 aromatic carbocycles. The molecule has 1 amide bonds. The van der Waals surface area contributed by atoms with Crippen molar-refractivity contribution in [2.45, 2.75) is 63.7 Å². The molecule has 134 valence electrons. The zero-order valence-electron chi connectivity index (χ0n) is 14.0. The number of carbonyl (C=O) groups is 2. The van der Waals surface area contributed by atoms with E-state index in [1.807, 2.05) is 17.5 Å². The van der Waals surface area contributed by atoms with Crippen LogP contribution in [0.3, 0.4) is 0 Å². The van der Waals surface area contributed by atoms with Gasteiger partial charge in [0.25, 0.3) is 0 Å². The number of amides is 1. The zero-order chi connectivity index (χ0) is 17.4. The van der Waals surface area contributed by atoms with Crippen molar-refractivity contribution in [1.82, 2.24) is 5.06 Å². The summed E-state index contributed by atoms with van der Waals surface area (Å²) in [6.45, 7) is 2.34. The maximum Gasteiger partial charge on any atom is 0.332 e. The van der Waals surface area contributed by atoms with Crippen LogP contribution >= 0.6 is 11.3 Å². The topological polar surface area (TPSA) is 76.1 Å². The number of ether oxygens (including phenoxy) is 1. The number of rotatable bonds is 10. The molecule has 1 N–H and O–H groups in total. The molecule has 2 rings (SSSR count). The van der Waals surface area contributed by atoms with Crippen molar-refractivity contribution >= 4 is 23.7 Å². The number of aryl methyl sites for hydroxylation is 1. The molecule has 2 atom stereocenters. The van der Waals surface area contributed by atoms with E-state index >= 15 is 0 Å². The Morgan fingerprint density at radius 2 is 2.42 bits per heavy atom. The van der Waals surface area contributed by atoms with Crippen LogP contribution in [-0.2, 0) is 25.6 Å². The van der Waals surface area contributed by atoms with E-state index in [1.54, 1.807) is 18.3 Å².